The molecule has 0 amide bonds. The molecule has 0 aliphatic rings. The molecule has 1 heterocycles. The number of aromatic nitrogens is 1. The van der Waals surface area contributed by atoms with Crippen LogP contribution in [0.4, 0.5) is 0 Å². The zero-order valence-electron chi connectivity index (χ0n) is 38.1. The van der Waals surface area contributed by atoms with Gasteiger partial charge in [0.15, 0.2) is 16.0 Å². The van der Waals surface area contributed by atoms with Crippen LogP contribution in [0.3, 0.4) is 0 Å². The first kappa shape index (κ1) is 60.2. The smallest absolute Gasteiger partial charge is 0.696 e. The van der Waals surface area contributed by atoms with Gasteiger partial charge in [-0.1, -0.05) is 64.6 Å². The molecule has 6 aromatic carbocycles. The molecule has 0 aliphatic heterocycles. The zero-order valence-corrected chi connectivity index (χ0v) is 46.0. The fourth-order valence-corrected chi connectivity index (χ4v) is 8.36. The van der Waals surface area contributed by atoms with E-state index in [-0.39, 0.29) is 75.2 Å². The summed E-state index contributed by atoms with van der Waals surface area (Å²) in [6.07, 6.45) is 0. The molecule has 0 radical (unpaired) electrons. The predicted octanol–water partition coefficient (Wildman–Crippen LogP) is 10.7. The van der Waals surface area contributed by atoms with Crippen molar-refractivity contribution in [2.45, 2.75) is 17.5 Å². The number of benzene rings is 6. The molecular weight excluding hydrogens is 1050 g/mol. The Morgan fingerprint density at radius 2 is 0.899 bits per heavy atom. The van der Waals surface area contributed by atoms with Crippen molar-refractivity contribution in [1.29, 1.82) is 10.5 Å². The maximum Gasteiger partial charge on any atom is 1.00 e. The summed E-state index contributed by atoms with van der Waals surface area (Å²) in [4.78, 5) is 30.2. The van der Waals surface area contributed by atoms with E-state index in [4.69, 9.17) is 50.5 Å². The minimum atomic E-state index is -0.565. The Bertz CT molecular complexity index is 2650. The summed E-state index contributed by atoms with van der Waals surface area (Å²) in [5, 5.41) is 18.9. The molecule has 352 valence electrons. The van der Waals surface area contributed by atoms with E-state index in [1.165, 1.54) is 16.7 Å². The Balaban J connectivity index is 0.000000340. The molecule has 7 aromatic rings. The average Bonchev–Trinajstić information content (AvgIpc) is 3.79. The number of ether oxygens (including phenoxy) is 6. The minimum Gasteiger partial charge on any atom is -0.696 e. The number of thioether (sulfide) groups is 1. The number of nitriles is 2. The van der Waals surface area contributed by atoms with Crippen LogP contribution >= 0.6 is 50.6 Å². The van der Waals surface area contributed by atoms with Gasteiger partial charge in [0, 0.05) is 16.7 Å². The Kier molecular flexibility index (Phi) is 27.9. The van der Waals surface area contributed by atoms with Gasteiger partial charge in [-0.2, -0.15) is 5.26 Å². The molecule has 69 heavy (non-hydrogen) atoms. The van der Waals surface area contributed by atoms with Gasteiger partial charge in [-0.3, -0.25) is 9.59 Å². The Labute approximate surface area is 474 Å². The second-order valence-corrected chi connectivity index (χ2v) is 16.9. The average molecular weight is 1090 g/mol. The van der Waals surface area contributed by atoms with Crippen molar-refractivity contribution in [3.8, 4) is 67.0 Å². The van der Waals surface area contributed by atoms with Crippen LogP contribution in [0.2, 0.25) is 4.47 Å². The third-order valence-corrected chi connectivity index (χ3v) is 12.5. The fraction of sp³-hybridized carbons (Fsp3) is 0.173. The summed E-state index contributed by atoms with van der Waals surface area (Å²) in [6, 6.07) is 44.2. The van der Waals surface area contributed by atoms with Gasteiger partial charge in [0.25, 0.3) is 0 Å². The van der Waals surface area contributed by atoms with Crippen LogP contribution in [0, 0.1) is 21.3 Å². The molecule has 0 aliphatic carbocycles. The van der Waals surface area contributed by atoms with Crippen molar-refractivity contribution >= 4 is 74.8 Å². The van der Waals surface area contributed by atoms with Gasteiger partial charge < -0.3 is 41.0 Å². The molecule has 0 saturated carbocycles. The Morgan fingerprint density at radius 3 is 1.26 bits per heavy atom. The standard InChI is InChI=1S/C17H14ClNO2S.C17H15NO3S.C16H15BrO3.CHNS.CH4.K/c1-20-13-7-3-11(4-8-13)15-16(22-17(18)19-15)12-5-9-14(21-2)10-6-12;1-20-14-7-3-12(4-8-14)16(19)17(22-11-18)13-5-9-15(21-2)10-6-13;1-19-13-7-3-11(4-8-13)15(17)16(18)12-5-9-14(20-2)10-6-12;2-1-3;;/h3-10H,1-2H3;3-10,17H,1-2H3;3-10,15H,1-2H3;3H;1H4;/q;;;;;+1/p-1. The number of carbonyl (C=O) groups is 2. The minimum absolute atomic E-state index is 0. The van der Waals surface area contributed by atoms with E-state index >= 15 is 0 Å². The van der Waals surface area contributed by atoms with Crippen molar-refractivity contribution in [3.05, 3.63) is 172 Å². The summed E-state index contributed by atoms with van der Waals surface area (Å²) in [6.45, 7) is 0. The van der Waals surface area contributed by atoms with Gasteiger partial charge in [-0.25, -0.2) is 10.2 Å². The van der Waals surface area contributed by atoms with Crippen LogP contribution < -0.4 is 79.8 Å². The number of thiocyanates is 2. The predicted molar refractivity (Wildman–Crippen MR) is 279 cm³/mol. The van der Waals surface area contributed by atoms with Crippen molar-refractivity contribution in [2.24, 2.45) is 0 Å². The van der Waals surface area contributed by atoms with Crippen LogP contribution in [-0.4, -0.2) is 59.2 Å². The number of thiazole rings is 1. The summed E-state index contributed by atoms with van der Waals surface area (Å²) in [7, 11) is 9.67. The number of alkyl halides is 1. The first-order chi connectivity index (χ1) is 32.5. The third kappa shape index (κ3) is 18.1. The Morgan fingerprint density at radius 1 is 0.580 bits per heavy atom. The number of hydrogen-bond donors (Lipinski definition) is 0. The van der Waals surface area contributed by atoms with E-state index in [1.54, 1.807) is 115 Å². The van der Waals surface area contributed by atoms with E-state index < -0.39 is 5.25 Å². The number of Topliss-reactive ketones (excluding diaryl/α,β-unsaturated/α-hetero) is 2. The SMILES string of the molecule is C.COc1ccc(-c2nc(Cl)sc2-c2ccc(OC)cc2)cc1.COc1ccc(C(=O)C(Br)c2ccc(OC)cc2)cc1.COc1ccc(C(=O)C(SC#N)c2ccc(OC)cc2)cc1.N#C[S-].[K+]. The van der Waals surface area contributed by atoms with Crippen LogP contribution in [0.15, 0.2) is 146 Å². The van der Waals surface area contributed by atoms with E-state index in [9.17, 15) is 9.59 Å². The van der Waals surface area contributed by atoms with E-state index in [0.717, 1.165) is 67.6 Å². The molecule has 2 atom stereocenters. The van der Waals surface area contributed by atoms with Gasteiger partial charge >= 0.3 is 51.4 Å². The van der Waals surface area contributed by atoms with Crippen molar-refractivity contribution in [1.82, 2.24) is 4.98 Å². The van der Waals surface area contributed by atoms with E-state index in [1.807, 2.05) is 78.2 Å². The van der Waals surface area contributed by atoms with Gasteiger partial charge in [0.1, 0.15) is 50.0 Å². The van der Waals surface area contributed by atoms with Crippen molar-refractivity contribution < 1.29 is 89.4 Å². The number of halogens is 2. The number of hydrogen-bond acceptors (Lipinski definition) is 14. The summed E-state index contributed by atoms with van der Waals surface area (Å²) >= 11 is 15.7. The monoisotopic (exact) mass is 1090 g/mol. The van der Waals surface area contributed by atoms with Crippen molar-refractivity contribution in [2.75, 3.05) is 42.7 Å². The molecule has 1 aromatic heterocycles. The number of carbonyl (C=O) groups excluding carboxylic acids is 2. The van der Waals surface area contributed by atoms with Gasteiger partial charge in [-0.15, -0.1) is 11.3 Å². The Hall–Kier alpha value is -4.95. The summed E-state index contributed by atoms with van der Waals surface area (Å²) < 4.78 is 31.3. The molecule has 0 N–H and O–H groups in total. The molecule has 17 heteroatoms. The summed E-state index contributed by atoms with van der Waals surface area (Å²) in [5.74, 6) is 4.44. The zero-order chi connectivity index (χ0) is 48.7. The number of methoxy groups -OCH3 is 6. The molecule has 7 rings (SSSR count). The largest absolute Gasteiger partial charge is 1.00 e. The molecule has 0 saturated heterocycles. The second-order valence-electron chi connectivity index (χ2n) is 13.4. The van der Waals surface area contributed by atoms with Crippen LogP contribution in [-0.2, 0) is 12.6 Å². The van der Waals surface area contributed by atoms with Crippen LogP contribution in [0.1, 0.15) is 49.3 Å². The molecule has 2 unspecified atom stereocenters. The maximum absolute atomic E-state index is 12.6. The molecule has 0 fully saturated rings. The number of rotatable bonds is 15. The van der Waals surface area contributed by atoms with Crippen molar-refractivity contribution in [3.63, 3.8) is 0 Å². The first-order valence-electron chi connectivity index (χ1n) is 19.8. The molecule has 0 spiro atoms. The normalized spacial score (nSPS) is 10.5. The van der Waals surface area contributed by atoms with E-state index in [2.05, 4.69) is 33.5 Å². The summed E-state index contributed by atoms with van der Waals surface area (Å²) in [5.41, 5.74) is 5.81. The van der Waals surface area contributed by atoms with Gasteiger partial charge in [0.05, 0.1) is 53.2 Å². The van der Waals surface area contributed by atoms with Crippen LogP contribution in [0.5, 0.6) is 34.5 Å². The molecular formula is C52H48BrClKN3O8S3. The molecule has 11 nitrogen and oxygen atoms in total. The van der Waals surface area contributed by atoms with E-state index in [0.29, 0.717) is 27.1 Å². The topological polar surface area (TPSA) is 150 Å². The van der Waals surface area contributed by atoms with Gasteiger partial charge in [0.2, 0.25) is 0 Å². The third-order valence-electron chi connectivity index (χ3n) is 9.53. The first-order valence-corrected chi connectivity index (χ1v) is 23.2. The quantitative estimate of drug-likeness (QED) is 0.0315. The number of ketones is 2. The maximum atomic E-state index is 12.6. The fourth-order valence-electron chi connectivity index (χ4n) is 6.01. The van der Waals surface area contributed by atoms with Gasteiger partial charge in [-0.05, 0) is 150 Å². The number of nitrogens with zero attached hydrogens (tertiary/aromatic N) is 3. The second kappa shape index (κ2) is 32.0. The molecule has 0 bridgehead atoms. The van der Waals surface area contributed by atoms with Crippen LogP contribution in [0.25, 0.3) is 21.7 Å².